The van der Waals surface area contributed by atoms with Gasteiger partial charge in [-0.3, -0.25) is 4.79 Å². The zero-order valence-corrected chi connectivity index (χ0v) is 10.3. The highest BCUT2D eigenvalue weighted by atomic mass is 79.9. The average molecular weight is 272 g/mol. The largest absolute Gasteiger partial charge is 0.481 e. The van der Waals surface area contributed by atoms with Crippen LogP contribution in [-0.4, -0.2) is 17.1 Å². The predicted molar refractivity (Wildman–Crippen MR) is 64.2 cm³/mol. The van der Waals surface area contributed by atoms with Crippen LogP contribution < -0.4 is 5.32 Å². The van der Waals surface area contributed by atoms with Crippen molar-refractivity contribution in [3.05, 3.63) is 28.2 Å². The number of halogens is 1. The van der Waals surface area contributed by atoms with Crippen LogP contribution in [0.1, 0.15) is 18.9 Å². The Balaban J connectivity index is 2.67. The molecule has 1 unspecified atom stereocenters. The number of carbonyl (C=O) groups is 1. The first-order valence-electron chi connectivity index (χ1n) is 4.73. The molecule has 0 aromatic heterocycles. The molecule has 4 heteroatoms. The van der Waals surface area contributed by atoms with Gasteiger partial charge in [-0.2, -0.15) is 0 Å². The Hall–Kier alpha value is -1.03. The molecule has 0 saturated heterocycles. The van der Waals surface area contributed by atoms with Crippen LogP contribution in [-0.2, 0) is 4.79 Å². The second-order valence-corrected chi connectivity index (χ2v) is 4.58. The molecule has 3 nitrogen and oxygen atoms in total. The number of hydrogen-bond acceptors (Lipinski definition) is 2. The molecular weight excluding hydrogens is 258 g/mol. The second kappa shape index (κ2) is 5.16. The van der Waals surface area contributed by atoms with Gasteiger partial charge in [0.2, 0.25) is 0 Å². The number of anilines is 1. The summed E-state index contributed by atoms with van der Waals surface area (Å²) in [5.41, 5.74) is 2.07. The SMILES string of the molecule is Cc1cc(Br)cc(NC(C)CC(=O)O)c1. The van der Waals surface area contributed by atoms with Crippen LogP contribution in [0.3, 0.4) is 0 Å². The summed E-state index contributed by atoms with van der Waals surface area (Å²) in [5, 5.41) is 11.8. The molecule has 0 aliphatic heterocycles. The highest BCUT2D eigenvalue weighted by Crippen LogP contribution is 2.20. The molecule has 1 atom stereocenters. The molecular formula is C11H14BrNO2. The van der Waals surface area contributed by atoms with Gasteiger partial charge in [0, 0.05) is 16.2 Å². The Bertz CT molecular complexity index is 345. The van der Waals surface area contributed by atoms with Crippen molar-refractivity contribution in [3.63, 3.8) is 0 Å². The van der Waals surface area contributed by atoms with Gasteiger partial charge in [-0.05, 0) is 37.6 Å². The maximum absolute atomic E-state index is 10.5. The van der Waals surface area contributed by atoms with Gasteiger partial charge < -0.3 is 10.4 Å². The number of aliphatic carboxylic acids is 1. The van der Waals surface area contributed by atoms with E-state index in [4.69, 9.17) is 5.11 Å². The van der Waals surface area contributed by atoms with E-state index in [9.17, 15) is 4.79 Å². The minimum absolute atomic E-state index is 0.0730. The van der Waals surface area contributed by atoms with E-state index in [-0.39, 0.29) is 12.5 Å². The summed E-state index contributed by atoms with van der Waals surface area (Å²) in [4.78, 5) is 10.5. The lowest BCUT2D eigenvalue weighted by atomic mass is 10.2. The molecule has 1 aromatic carbocycles. The number of benzene rings is 1. The van der Waals surface area contributed by atoms with E-state index in [1.165, 1.54) is 0 Å². The number of aryl methyl sites for hydroxylation is 1. The van der Waals surface area contributed by atoms with Gasteiger partial charge in [0.05, 0.1) is 6.42 Å². The van der Waals surface area contributed by atoms with E-state index in [1.807, 2.05) is 32.0 Å². The Kier molecular flexibility index (Phi) is 4.15. The molecule has 1 rings (SSSR count). The standard InChI is InChI=1S/C11H14BrNO2/c1-7-3-9(12)6-10(4-7)13-8(2)5-11(14)15/h3-4,6,8,13H,5H2,1-2H3,(H,14,15). The summed E-state index contributed by atoms with van der Waals surface area (Å²) >= 11 is 3.40. The smallest absolute Gasteiger partial charge is 0.305 e. The summed E-state index contributed by atoms with van der Waals surface area (Å²) in [5.74, 6) is -0.790. The molecule has 0 bridgehead atoms. The maximum atomic E-state index is 10.5. The summed E-state index contributed by atoms with van der Waals surface area (Å²) in [6, 6.07) is 5.86. The van der Waals surface area contributed by atoms with Crippen molar-refractivity contribution >= 4 is 27.6 Å². The van der Waals surface area contributed by atoms with Gasteiger partial charge >= 0.3 is 5.97 Å². The van der Waals surface area contributed by atoms with Crippen molar-refractivity contribution in [1.82, 2.24) is 0 Å². The highest BCUT2D eigenvalue weighted by molar-refractivity contribution is 9.10. The first-order chi connectivity index (χ1) is 6.97. The normalized spacial score (nSPS) is 12.2. The van der Waals surface area contributed by atoms with Crippen LogP contribution in [0.4, 0.5) is 5.69 Å². The highest BCUT2D eigenvalue weighted by Gasteiger charge is 2.07. The third-order valence-electron chi connectivity index (χ3n) is 1.94. The van der Waals surface area contributed by atoms with Gasteiger partial charge in [0.25, 0.3) is 0 Å². The van der Waals surface area contributed by atoms with Gasteiger partial charge in [0.15, 0.2) is 0 Å². The van der Waals surface area contributed by atoms with Crippen molar-refractivity contribution in [3.8, 4) is 0 Å². The molecule has 15 heavy (non-hydrogen) atoms. The van der Waals surface area contributed by atoms with E-state index in [0.717, 1.165) is 15.7 Å². The Morgan fingerprint density at radius 3 is 2.73 bits per heavy atom. The Labute approximate surface area is 97.6 Å². The van der Waals surface area contributed by atoms with Crippen molar-refractivity contribution in [1.29, 1.82) is 0 Å². The fourth-order valence-corrected chi connectivity index (χ4v) is 2.02. The van der Waals surface area contributed by atoms with Gasteiger partial charge in [-0.15, -0.1) is 0 Å². The third-order valence-corrected chi connectivity index (χ3v) is 2.39. The molecule has 1 aromatic rings. The lowest BCUT2D eigenvalue weighted by molar-refractivity contribution is -0.137. The minimum atomic E-state index is -0.790. The van der Waals surface area contributed by atoms with E-state index in [1.54, 1.807) is 0 Å². The Morgan fingerprint density at radius 2 is 2.20 bits per heavy atom. The molecule has 0 amide bonds. The first kappa shape index (κ1) is 12.0. The number of hydrogen-bond donors (Lipinski definition) is 2. The number of carboxylic acids is 1. The van der Waals surface area contributed by atoms with E-state index >= 15 is 0 Å². The van der Waals surface area contributed by atoms with Crippen LogP contribution in [0.15, 0.2) is 22.7 Å². The quantitative estimate of drug-likeness (QED) is 0.885. The lowest BCUT2D eigenvalue weighted by Crippen LogP contribution is -2.19. The topological polar surface area (TPSA) is 49.3 Å². The zero-order chi connectivity index (χ0) is 11.4. The third kappa shape index (κ3) is 4.34. The zero-order valence-electron chi connectivity index (χ0n) is 8.75. The number of carboxylic acid groups (broad SMARTS) is 1. The summed E-state index contributed by atoms with van der Waals surface area (Å²) in [6.45, 7) is 3.85. The molecule has 0 aliphatic carbocycles. The predicted octanol–water partition coefficient (Wildman–Crippen LogP) is 3.03. The van der Waals surface area contributed by atoms with Crippen molar-refractivity contribution in [2.45, 2.75) is 26.3 Å². The summed E-state index contributed by atoms with van der Waals surface area (Å²) in [7, 11) is 0. The summed E-state index contributed by atoms with van der Waals surface area (Å²) in [6.07, 6.45) is 0.117. The van der Waals surface area contributed by atoms with E-state index < -0.39 is 5.97 Å². The van der Waals surface area contributed by atoms with Crippen LogP contribution >= 0.6 is 15.9 Å². The minimum Gasteiger partial charge on any atom is -0.481 e. The van der Waals surface area contributed by atoms with Gasteiger partial charge in [0.1, 0.15) is 0 Å². The monoisotopic (exact) mass is 271 g/mol. The molecule has 0 fully saturated rings. The fourth-order valence-electron chi connectivity index (χ4n) is 1.42. The molecule has 82 valence electrons. The van der Waals surface area contributed by atoms with Crippen LogP contribution in [0.2, 0.25) is 0 Å². The molecule has 0 saturated carbocycles. The number of rotatable bonds is 4. The van der Waals surface area contributed by atoms with Crippen molar-refractivity contribution in [2.75, 3.05) is 5.32 Å². The van der Waals surface area contributed by atoms with Crippen molar-refractivity contribution in [2.24, 2.45) is 0 Å². The fraction of sp³-hybridized carbons (Fsp3) is 0.364. The lowest BCUT2D eigenvalue weighted by Gasteiger charge is -2.13. The van der Waals surface area contributed by atoms with Gasteiger partial charge in [-0.1, -0.05) is 15.9 Å². The molecule has 0 radical (unpaired) electrons. The van der Waals surface area contributed by atoms with E-state index in [0.29, 0.717) is 0 Å². The summed E-state index contributed by atoms with van der Waals surface area (Å²) < 4.78 is 0.993. The second-order valence-electron chi connectivity index (χ2n) is 3.66. The van der Waals surface area contributed by atoms with Crippen molar-refractivity contribution < 1.29 is 9.90 Å². The molecule has 2 N–H and O–H groups in total. The molecule has 0 spiro atoms. The van der Waals surface area contributed by atoms with Crippen LogP contribution in [0.5, 0.6) is 0 Å². The molecule has 0 heterocycles. The molecule has 0 aliphatic rings. The first-order valence-corrected chi connectivity index (χ1v) is 5.52. The van der Waals surface area contributed by atoms with E-state index in [2.05, 4.69) is 21.2 Å². The Morgan fingerprint density at radius 1 is 1.53 bits per heavy atom. The average Bonchev–Trinajstić information content (AvgIpc) is 1.98. The van der Waals surface area contributed by atoms with Gasteiger partial charge in [-0.25, -0.2) is 0 Å². The van der Waals surface area contributed by atoms with Crippen LogP contribution in [0.25, 0.3) is 0 Å². The van der Waals surface area contributed by atoms with Crippen LogP contribution in [0, 0.1) is 6.92 Å². The maximum Gasteiger partial charge on any atom is 0.305 e. The number of nitrogens with one attached hydrogen (secondary N) is 1.